The minimum atomic E-state index is -3.79. The fourth-order valence-corrected chi connectivity index (χ4v) is 2.70. The summed E-state index contributed by atoms with van der Waals surface area (Å²) in [6.45, 7) is 3.70. The predicted molar refractivity (Wildman–Crippen MR) is 79.7 cm³/mol. The number of rotatable bonds is 7. The number of nitrogens with two attached hydrogens (primary N) is 1. The van der Waals surface area contributed by atoms with Crippen molar-refractivity contribution in [1.82, 2.24) is 4.98 Å². The van der Waals surface area contributed by atoms with Crippen molar-refractivity contribution in [2.75, 3.05) is 19.8 Å². The first-order valence-electron chi connectivity index (χ1n) is 6.65. The van der Waals surface area contributed by atoms with E-state index in [2.05, 4.69) is 4.98 Å². The topological polar surface area (TPSA) is 91.5 Å². The van der Waals surface area contributed by atoms with Gasteiger partial charge >= 0.3 is 0 Å². The molecule has 0 aliphatic carbocycles. The molecule has 114 valence electrons. The summed E-state index contributed by atoms with van der Waals surface area (Å²) in [6, 6.07) is 6.35. The van der Waals surface area contributed by atoms with E-state index in [9.17, 15) is 8.42 Å². The molecular formula is C14H18N2O4S. The van der Waals surface area contributed by atoms with Gasteiger partial charge in [-0.25, -0.2) is 13.6 Å². The summed E-state index contributed by atoms with van der Waals surface area (Å²) >= 11 is 0. The van der Waals surface area contributed by atoms with Crippen LogP contribution in [0.1, 0.15) is 13.3 Å². The van der Waals surface area contributed by atoms with Gasteiger partial charge in [0.2, 0.25) is 10.0 Å². The fourth-order valence-electron chi connectivity index (χ4n) is 1.97. The number of hydrogen-bond donors (Lipinski definition) is 1. The van der Waals surface area contributed by atoms with Gasteiger partial charge in [-0.2, -0.15) is 0 Å². The zero-order chi connectivity index (χ0) is 15.3. The molecule has 2 aromatic rings. The van der Waals surface area contributed by atoms with Gasteiger partial charge in [-0.15, -0.1) is 0 Å². The third-order valence-electron chi connectivity index (χ3n) is 2.89. The molecule has 0 fully saturated rings. The summed E-state index contributed by atoms with van der Waals surface area (Å²) in [5, 5.41) is 5.68. The summed E-state index contributed by atoms with van der Waals surface area (Å²) in [5.74, 6) is 0.537. The smallest absolute Gasteiger partial charge is 0.238 e. The summed E-state index contributed by atoms with van der Waals surface area (Å²) in [6.07, 6.45) is 2.33. The Labute approximate surface area is 123 Å². The van der Waals surface area contributed by atoms with Gasteiger partial charge in [-0.3, -0.25) is 4.98 Å². The highest BCUT2D eigenvalue weighted by atomic mass is 32.2. The number of ether oxygens (including phenoxy) is 2. The van der Waals surface area contributed by atoms with Crippen molar-refractivity contribution < 1.29 is 17.9 Å². The monoisotopic (exact) mass is 310 g/mol. The molecular weight excluding hydrogens is 292 g/mol. The predicted octanol–water partition coefficient (Wildman–Crippen LogP) is 1.69. The SMILES string of the molecule is CCOCCCOc1ccc(S(N)(=O)=O)c2cccnc12. The van der Waals surface area contributed by atoms with Crippen LogP contribution in [0.4, 0.5) is 0 Å². The van der Waals surface area contributed by atoms with Gasteiger partial charge in [0, 0.05) is 31.2 Å². The molecule has 0 unspecified atom stereocenters. The quantitative estimate of drug-likeness (QED) is 0.786. The van der Waals surface area contributed by atoms with E-state index in [0.29, 0.717) is 36.5 Å². The number of sulfonamides is 1. The van der Waals surface area contributed by atoms with Gasteiger partial charge in [0.1, 0.15) is 11.3 Å². The van der Waals surface area contributed by atoms with Gasteiger partial charge in [0.15, 0.2) is 0 Å². The Balaban J connectivity index is 2.26. The van der Waals surface area contributed by atoms with Crippen LogP contribution in [0.5, 0.6) is 5.75 Å². The maximum absolute atomic E-state index is 11.6. The number of fused-ring (bicyclic) bond motifs is 1. The van der Waals surface area contributed by atoms with Crippen LogP contribution in [0.2, 0.25) is 0 Å². The van der Waals surface area contributed by atoms with Crippen molar-refractivity contribution in [3.8, 4) is 5.75 Å². The molecule has 0 saturated heterocycles. The summed E-state index contributed by atoms with van der Waals surface area (Å²) in [5.41, 5.74) is 0.487. The van der Waals surface area contributed by atoms with Gasteiger partial charge in [0.05, 0.1) is 11.5 Å². The van der Waals surface area contributed by atoms with E-state index in [4.69, 9.17) is 14.6 Å². The molecule has 0 spiro atoms. The second kappa shape index (κ2) is 6.84. The highest BCUT2D eigenvalue weighted by Gasteiger charge is 2.15. The summed E-state index contributed by atoms with van der Waals surface area (Å²) in [7, 11) is -3.79. The van der Waals surface area contributed by atoms with Crippen LogP contribution < -0.4 is 9.88 Å². The van der Waals surface area contributed by atoms with E-state index >= 15 is 0 Å². The van der Waals surface area contributed by atoms with E-state index in [-0.39, 0.29) is 4.90 Å². The number of hydrogen-bond acceptors (Lipinski definition) is 5. The molecule has 1 heterocycles. The van der Waals surface area contributed by atoms with Crippen LogP contribution >= 0.6 is 0 Å². The largest absolute Gasteiger partial charge is 0.491 e. The highest BCUT2D eigenvalue weighted by Crippen LogP contribution is 2.28. The lowest BCUT2D eigenvalue weighted by Crippen LogP contribution is -2.13. The standard InChI is InChI=1S/C14H18N2O4S/c1-2-19-9-4-10-20-12-6-7-13(21(15,17)18)11-5-3-8-16-14(11)12/h3,5-8H,2,4,9-10H2,1H3,(H2,15,17,18). The molecule has 0 radical (unpaired) electrons. The van der Waals surface area contributed by atoms with Crippen LogP contribution in [-0.2, 0) is 14.8 Å². The van der Waals surface area contributed by atoms with Crippen LogP contribution in [0.3, 0.4) is 0 Å². The van der Waals surface area contributed by atoms with Crippen LogP contribution in [0, 0.1) is 0 Å². The first-order chi connectivity index (χ1) is 10.0. The third-order valence-corrected chi connectivity index (χ3v) is 3.86. The molecule has 1 aromatic heterocycles. The van der Waals surface area contributed by atoms with E-state index in [1.165, 1.54) is 6.07 Å². The molecule has 0 aliphatic heterocycles. The molecule has 2 rings (SSSR count). The number of nitrogens with zero attached hydrogens (tertiary/aromatic N) is 1. The minimum Gasteiger partial charge on any atom is -0.491 e. The molecule has 6 nitrogen and oxygen atoms in total. The number of aromatic nitrogens is 1. The second-order valence-electron chi connectivity index (χ2n) is 4.41. The molecule has 21 heavy (non-hydrogen) atoms. The van der Waals surface area contributed by atoms with Crippen molar-refractivity contribution >= 4 is 20.9 Å². The first-order valence-corrected chi connectivity index (χ1v) is 8.19. The normalized spacial score (nSPS) is 11.7. The Hall–Kier alpha value is -1.70. The van der Waals surface area contributed by atoms with Crippen molar-refractivity contribution in [3.63, 3.8) is 0 Å². The molecule has 7 heteroatoms. The summed E-state index contributed by atoms with van der Waals surface area (Å²) < 4.78 is 34.1. The average molecular weight is 310 g/mol. The number of primary sulfonamides is 1. The van der Waals surface area contributed by atoms with Gasteiger partial charge < -0.3 is 9.47 Å². The molecule has 1 aromatic carbocycles. The van der Waals surface area contributed by atoms with E-state index in [1.807, 2.05) is 6.92 Å². The Morgan fingerprint density at radius 1 is 1.24 bits per heavy atom. The number of benzene rings is 1. The van der Waals surface area contributed by atoms with Crippen molar-refractivity contribution in [3.05, 3.63) is 30.5 Å². The van der Waals surface area contributed by atoms with E-state index in [0.717, 1.165) is 6.42 Å². The zero-order valence-corrected chi connectivity index (χ0v) is 12.6. The minimum absolute atomic E-state index is 0.0484. The highest BCUT2D eigenvalue weighted by molar-refractivity contribution is 7.89. The molecule has 0 atom stereocenters. The molecule has 0 saturated carbocycles. The second-order valence-corrected chi connectivity index (χ2v) is 5.94. The fraction of sp³-hybridized carbons (Fsp3) is 0.357. The lowest BCUT2D eigenvalue weighted by atomic mass is 10.2. The average Bonchev–Trinajstić information content (AvgIpc) is 2.45. The maximum atomic E-state index is 11.6. The van der Waals surface area contributed by atoms with E-state index in [1.54, 1.807) is 24.4 Å². The molecule has 0 aliphatic rings. The maximum Gasteiger partial charge on any atom is 0.238 e. The number of pyridine rings is 1. The Morgan fingerprint density at radius 2 is 2.05 bits per heavy atom. The van der Waals surface area contributed by atoms with Gasteiger partial charge in [0.25, 0.3) is 0 Å². The van der Waals surface area contributed by atoms with Crippen molar-refractivity contribution in [1.29, 1.82) is 0 Å². The van der Waals surface area contributed by atoms with Gasteiger partial charge in [-0.1, -0.05) is 0 Å². The lowest BCUT2D eigenvalue weighted by molar-refractivity contribution is 0.131. The van der Waals surface area contributed by atoms with Crippen molar-refractivity contribution in [2.24, 2.45) is 5.14 Å². The molecule has 0 amide bonds. The van der Waals surface area contributed by atoms with Crippen LogP contribution in [0.15, 0.2) is 35.4 Å². The Bertz CT molecular complexity index is 716. The molecule has 0 bridgehead atoms. The van der Waals surface area contributed by atoms with E-state index < -0.39 is 10.0 Å². The Kier molecular flexibility index (Phi) is 5.11. The third kappa shape index (κ3) is 3.90. The summed E-state index contributed by atoms with van der Waals surface area (Å²) in [4.78, 5) is 4.24. The van der Waals surface area contributed by atoms with Crippen LogP contribution in [-0.4, -0.2) is 33.2 Å². The van der Waals surface area contributed by atoms with Crippen LogP contribution in [0.25, 0.3) is 10.9 Å². The van der Waals surface area contributed by atoms with Gasteiger partial charge in [-0.05, 0) is 31.2 Å². The lowest BCUT2D eigenvalue weighted by Gasteiger charge is -2.10. The molecule has 2 N–H and O–H groups in total. The first kappa shape index (κ1) is 15.7. The zero-order valence-electron chi connectivity index (χ0n) is 11.8. The van der Waals surface area contributed by atoms with Crippen molar-refractivity contribution in [2.45, 2.75) is 18.2 Å². The Morgan fingerprint density at radius 3 is 2.76 bits per heavy atom.